The maximum absolute atomic E-state index is 12.1. The van der Waals surface area contributed by atoms with Crippen molar-refractivity contribution in [2.45, 2.75) is 89.3 Å². The SMILES string of the molecule is C[C@]12CC[C@@H](O)C[C@H]1CC[C@@H]1[C@@H]2CC[C@]2(C)[C@@H](c3ccoc3)CC[C@]12O. The number of furan rings is 1. The second kappa shape index (κ2) is 5.61. The van der Waals surface area contributed by atoms with E-state index in [9.17, 15) is 10.2 Å². The van der Waals surface area contributed by atoms with Gasteiger partial charge in [-0.2, -0.15) is 0 Å². The molecular formula is C23H34O3. The molecular weight excluding hydrogens is 324 g/mol. The van der Waals surface area contributed by atoms with Crippen molar-refractivity contribution in [3.63, 3.8) is 0 Å². The van der Waals surface area contributed by atoms with Crippen LogP contribution in [0.15, 0.2) is 23.0 Å². The van der Waals surface area contributed by atoms with Crippen molar-refractivity contribution in [3.8, 4) is 0 Å². The van der Waals surface area contributed by atoms with E-state index >= 15 is 0 Å². The molecule has 0 saturated heterocycles. The van der Waals surface area contributed by atoms with Crippen LogP contribution in [0.4, 0.5) is 0 Å². The van der Waals surface area contributed by atoms with Gasteiger partial charge in [-0.3, -0.25) is 0 Å². The number of hydrogen-bond donors (Lipinski definition) is 2. The molecule has 8 atom stereocenters. The molecule has 4 aliphatic rings. The van der Waals surface area contributed by atoms with Crippen LogP contribution in [-0.2, 0) is 0 Å². The van der Waals surface area contributed by atoms with Crippen LogP contribution in [-0.4, -0.2) is 21.9 Å². The molecule has 4 fully saturated rings. The molecule has 5 rings (SSSR count). The minimum absolute atomic E-state index is 0.0323. The fourth-order valence-electron chi connectivity index (χ4n) is 8.21. The van der Waals surface area contributed by atoms with E-state index < -0.39 is 5.60 Å². The highest BCUT2D eigenvalue weighted by Crippen LogP contribution is 2.70. The molecule has 144 valence electrons. The van der Waals surface area contributed by atoms with E-state index in [0.717, 1.165) is 44.9 Å². The zero-order valence-electron chi connectivity index (χ0n) is 16.3. The molecule has 3 nitrogen and oxygen atoms in total. The van der Waals surface area contributed by atoms with Gasteiger partial charge in [0.25, 0.3) is 0 Å². The highest BCUT2D eigenvalue weighted by Gasteiger charge is 2.67. The molecule has 1 heterocycles. The first-order valence-corrected chi connectivity index (χ1v) is 10.8. The summed E-state index contributed by atoms with van der Waals surface area (Å²) in [5.74, 6) is 2.11. The van der Waals surface area contributed by atoms with Gasteiger partial charge in [0.2, 0.25) is 0 Å². The second-order valence-electron chi connectivity index (χ2n) is 10.4. The summed E-state index contributed by atoms with van der Waals surface area (Å²) >= 11 is 0. The Bertz CT molecular complexity index is 669. The van der Waals surface area contributed by atoms with Crippen LogP contribution in [0.2, 0.25) is 0 Å². The fraction of sp³-hybridized carbons (Fsp3) is 0.826. The number of rotatable bonds is 1. The first-order valence-electron chi connectivity index (χ1n) is 10.8. The van der Waals surface area contributed by atoms with Crippen LogP contribution in [0, 0.1) is 28.6 Å². The lowest BCUT2D eigenvalue weighted by molar-refractivity contribution is -0.205. The van der Waals surface area contributed by atoms with Gasteiger partial charge in [0, 0.05) is 5.41 Å². The number of fused-ring (bicyclic) bond motifs is 5. The molecule has 0 aliphatic heterocycles. The third-order valence-corrected chi connectivity index (χ3v) is 9.77. The summed E-state index contributed by atoms with van der Waals surface area (Å²) in [7, 11) is 0. The highest BCUT2D eigenvalue weighted by atomic mass is 16.3. The summed E-state index contributed by atoms with van der Waals surface area (Å²) in [6.07, 6.45) is 13.3. The lowest BCUT2D eigenvalue weighted by Gasteiger charge is -2.63. The monoisotopic (exact) mass is 358 g/mol. The summed E-state index contributed by atoms with van der Waals surface area (Å²) in [4.78, 5) is 0. The Morgan fingerprint density at radius 1 is 1.00 bits per heavy atom. The molecule has 26 heavy (non-hydrogen) atoms. The van der Waals surface area contributed by atoms with E-state index in [2.05, 4.69) is 19.9 Å². The predicted molar refractivity (Wildman–Crippen MR) is 101 cm³/mol. The zero-order chi connectivity index (χ0) is 18.2. The molecule has 2 N–H and O–H groups in total. The van der Waals surface area contributed by atoms with Crippen molar-refractivity contribution in [3.05, 3.63) is 24.2 Å². The lowest BCUT2D eigenvalue weighted by Crippen LogP contribution is -2.62. The van der Waals surface area contributed by atoms with E-state index in [1.165, 1.54) is 18.4 Å². The predicted octanol–water partition coefficient (Wildman–Crippen LogP) is 4.88. The van der Waals surface area contributed by atoms with Crippen LogP contribution in [0.25, 0.3) is 0 Å². The van der Waals surface area contributed by atoms with Crippen molar-refractivity contribution in [1.82, 2.24) is 0 Å². The summed E-state index contributed by atoms with van der Waals surface area (Å²) in [5, 5.41) is 22.3. The van der Waals surface area contributed by atoms with Crippen molar-refractivity contribution in [2.75, 3.05) is 0 Å². The van der Waals surface area contributed by atoms with E-state index in [1.54, 1.807) is 6.26 Å². The lowest BCUT2D eigenvalue weighted by atomic mass is 9.43. The van der Waals surface area contributed by atoms with Crippen LogP contribution in [0.1, 0.15) is 83.1 Å². The smallest absolute Gasteiger partial charge is 0.0937 e. The van der Waals surface area contributed by atoms with Gasteiger partial charge in [0.05, 0.1) is 24.2 Å². The minimum atomic E-state index is -0.540. The van der Waals surface area contributed by atoms with Gasteiger partial charge in [-0.25, -0.2) is 0 Å². The largest absolute Gasteiger partial charge is 0.472 e. The van der Waals surface area contributed by atoms with Gasteiger partial charge >= 0.3 is 0 Å². The van der Waals surface area contributed by atoms with Gasteiger partial charge in [0.1, 0.15) is 0 Å². The Morgan fingerprint density at radius 3 is 2.62 bits per heavy atom. The number of aliphatic hydroxyl groups excluding tert-OH is 1. The average molecular weight is 359 g/mol. The van der Waals surface area contributed by atoms with E-state index in [4.69, 9.17) is 4.42 Å². The topological polar surface area (TPSA) is 53.6 Å². The summed E-state index contributed by atoms with van der Waals surface area (Å²) in [6.45, 7) is 4.84. The first kappa shape index (κ1) is 17.3. The van der Waals surface area contributed by atoms with Crippen LogP contribution in [0.3, 0.4) is 0 Å². The van der Waals surface area contributed by atoms with Crippen molar-refractivity contribution < 1.29 is 14.6 Å². The molecule has 0 radical (unpaired) electrons. The zero-order valence-corrected chi connectivity index (χ0v) is 16.3. The van der Waals surface area contributed by atoms with Crippen LogP contribution in [0.5, 0.6) is 0 Å². The summed E-state index contributed by atoms with van der Waals surface area (Å²) in [6, 6.07) is 2.11. The van der Waals surface area contributed by atoms with Gasteiger partial charge in [0.15, 0.2) is 0 Å². The number of hydrogen-bond acceptors (Lipinski definition) is 3. The molecule has 1 aromatic rings. The third-order valence-electron chi connectivity index (χ3n) is 9.77. The Morgan fingerprint density at radius 2 is 1.85 bits per heavy atom. The molecule has 0 unspecified atom stereocenters. The van der Waals surface area contributed by atoms with Gasteiger partial charge < -0.3 is 14.6 Å². The van der Waals surface area contributed by atoms with Crippen molar-refractivity contribution in [1.29, 1.82) is 0 Å². The maximum Gasteiger partial charge on any atom is 0.0937 e. The fourth-order valence-corrected chi connectivity index (χ4v) is 8.21. The van der Waals surface area contributed by atoms with Gasteiger partial charge in [-0.15, -0.1) is 0 Å². The molecule has 0 spiro atoms. The van der Waals surface area contributed by atoms with Gasteiger partial charge in [-0.05, 0) is 98.5 Å². The Hall–Kier alpha value is -0.800. The normalized spacial score (nSPS) is 53.6. The Labute approximate surface area is 157 Å². The summed E-state index contributed by atoms with van der Waals surface area (Å²) in [5.41, 5.74) is 1.02. The molecule has 3 heteroatoms. The van der Waals surface area contributed by atoms with Crippen LogP contribution < -0.4 is 0 Å². The molecule has 4 saturated carbocycles. The Kier molecular flexibility index (Phi) is 3.73. The van der Waals surface area contributed by atoms with E-state index in [-0.39, 0.29) is 11.5 Å². The maximum atomic E-state index is 12.1. The molecule has 1 aromatic heterocycles. The van der Waals surface area contributed by atoms with Crippen LogP contribution >= 0.6 is 0 Å². The Balaban J connectivity index is 1.49. The highest BCUT2D eigenvalue weighted by molar-refractivity contribution is 5.26. The molecule has 4 aliphatic carbocycles. The molecule has 0 amide bonds. The second-order valence-corrected chi connectivity index (χ2v) is 10.4. The molecule has 0 bridgehead atoms. The first-order chi connectivity index (χ1) is 12.4. The average Bonchev–Trinajstić information content (AvgIpc) is 3.21. The van der Waals surface area contributed by atoms with Crippen molar-refractivity contribution in [2.24, 2.45) is 28.6 Å². The number of aliphatic hydroxyl groups is 2. The van der Waals surface area contributed by atoms with Crippen molar-refractivity contribution >= 4 is 0 Å². The van der Waals surface area contributed by atoms with Gasteiger partial charge in [-0.1, -0.05) is 13.8 Å². The quantitative estimate of drug-likeness (QED) is 0.752. The van der Waals surface area contributed by atoms with E-state index in [1.807, 2.05) is 6.26 Å². The van der Waals surface area contributed by atoms with E-state index in [0.29, 0.717) is 29.1 Å². The minimum Gasteiger partial charge on any atom is -0.472 e. The summed E-state index contributed by atoms with van der Waals surface area (Å²) < 4.78 is 5.38. The third kappa shape index (κ3) is 2.08. The molecule has 0 aromatic carbocycles. The standard InChI is InChI=1S/C23H34O3/c1-21-9-5-17(24)13-16(21)3-4-20-19(21)6-10-22(2)18(7-11-23(20,22)25)15-8-12-26-14-15/h8,12,14,16-20,24-25H,3-7,9-11,13H2,1-2H3/t16-,17-,18-,19+,20-,21+,22-,23+/m1/s1.